The van der Waals surface area contributed by atoms with Crippen molar-refractivity contribution in [2.24, 2.45) is 5.73 Å². The molecule has 1 atom stereocenters. The van der Waals surface area contributed by atoms with Gasteiger partial charge < -0.3 is 15.9 Å². The number of amidine groups is 1. The molecule has 1 aromatic carbocycles. The van der Waals surface area contributed by atoms with E-state index >= 15 is 0 Å². The van der Waals surface area contributed by atoms with Gasteiger partial charge in [-0.1, -0.05) is 12.1 Å². The van der Waals surface area contributed by atoms with Crippen molar-refractivity contribution in [3.8, 4) is 5.75 Å². The molecule has 0 radical (unpaired) electrons. The topological polar surface area (TPSA) is 107 Å². The van der Waals surface area contributed by atoms with Gasteiger partial charge in [0.15, 0.2) is 0 Å². The summed E-state index contributed by atoms with van der Waals surface area (Å²) < 4.78 is 0. The van der Waals surface area contributed by atoms with Gasteiger partial charge in [-0.3, -0.25) is 10.2 Å². The molecule has 0 aromatic heterocycles. The Morgan fingerprint density at radius 1 is 1.36 bits per heavy atom. The van der Waals surface area contributed by atoms with Crippen LogP contribution in [-0.2, 0) is 4.79 Å². The van der Waals surface area contributed by atoms with Crippen LogP contribution < -0.4 is 5.73 Å². The second-order valence-electron chi connectivity index (χ2n) is 2.82. The number of hydrogen-bond acceptors (Lipinski definition) is 3. The molecule has 0 aliphatic carbocycles. The average Bonchev–Trinajstić information content (AvgIpc) is 2.07. The summed E-state index contributed by atoms with van der Waals surface area (Å²) in [6.07, 6.45) is 0. The summed E-state index contributed by atoms with van der Waals surface area (Å²) in [5, 5.41) is 24.9. The summed E-state index contributed by atoms with van der Waals surface area (Å²) in [4.78, 5) is 10.7. The third-order valence-electron chi connectivity index (χ3n) is 1.78. The van der Waals surface area contributed by atoms with Gasteiger partial charge in [-0.15, -0.1) is 0 Å². The summed E-state index contributed by atoms with van der Waals surface area (Å²) in [5.41, 5.74) is 5.53. The predicted molar refractivity (Wildman–Crippen MR) is 50.4 cm³/mol. The summed E-state index contributed by atoms with van der Waals surface area (Å²) >= 11 is 0. The van der Waals surface area contributed by atoms with Crippen LogP contribution in [0.3, 0.4) is 0 Å². The zero-order chi connectivity index (χ0) is 10.7. The molecule has 14 heavy (non-hydrogen) atoms. The van der Waals surface area contributed by atoms with Crippen LogP contribution in [0.25, 0.3) is 0 Å². The van der Waals surface area contributed by atoms with Crippen LogP contribution in [0.15, 0.2) is 24.3 Å². The maximum Gasteiger partial charge on any atom is 0.318 e. The number of nitrogens with two attached hydrogens (primary N) is 1. The molecule has 0 amide bonds. The Balaban J connectivity index is 3.06. The monoisotopic (exact) mass is 194 g/mol. The van der Waals surface area contributed by atoms with Crippen LogP contribution >= 0.6 is 0 Å². The third kappa shape index (κ3) is 2.01. The van der Waals surface area contributed by atoms with Gasteiger partial charge in [0.1, 0.15) is 17.5 Å². The Labute approximate surface area is 80.3 Å². The lowest BCUT2D eigenvalue weighted by Gasteiger charge is -2.10. The van der Waals surface area contributed by atoms with Gasteiger partial charge in [-0.25, -0.2) is 0 Å². The Kier molecular flexibility index (Phi) is 2.71. The first-order chi connectivity index (χ1) is 6.52. The summed E-state index contributed by atoms with van der Waals surface area (Å²) in [6.45, 7) is 0. The lowest BCUT2D eigenvalue weighted by Crippen LogP contribution is -2.27. The summed E-state index contributed by atoms with van der Waals surface area (Å²) in [5.74, 6) is -2.71. The molecule has 1 aromatic rings. The highest BCUT2D eigenvalue weighted by Crippen LogP contribution is 2.18. The lowest BCUT2D eigenvalue weighted by molar-refractivity contribution is -0.137. The minimum absolute atomic E-state index is 0.0430. The molecular formula is C9H10N2O3. The number of nitrogens with one attached hydrogen (secondary N) is 1. The van der Waals surface area contributed by atoms with Crippen LogP contribution in [-0.4, -0.2) is 22.0 Å². The molecular weight excluding hydrogens is 184 g/mol. The normalized spacial score (nSPS) is 12.0. The quantitative estimate of drug-likeness (QED) is 0.415. The molecule has 0 spiro atoms. The SMILES string of the molecule is N=C(N)C(C(=O)O)c1ccc(O)cc1. The summed E-state index contributed by atoms with van der Waals surface area (Å²) in [6, 6.07) is 5.56. The molecule has 0 fully saturated rings. The van der Waals surface area contributed by atoms with Gasteiger partial charge in [0, 0.05) is 0 Å². The van der Waals surface area contributed by atoms with E-state index in [0.717, 1.165) is 0 Å². The molecule has 0 bridgehead atoms. The van der Waals surface area contributed by atoms with E-state index in [1.165, 1.54) is 24.3 Å². The number of carbonyl (C=O) groups is 1. The van der Waals surface area contributed by atoms with Gasteiger partial charge in [-0.2, -0.15) is 0 Å². The van der Waals surface area contributed by atoms with Crippen molar-refractivity contribution in [1.29, 1.82) is 5.41 Å². The number of aliphatic carboxylic acids is 1. The zero-order valence-electron chi connectivity index (χ0n) is 7.27. The number of hydrogen-bond donors (Lipinski definition) is 4. The second-order valence-corrected chi connectivity index (χ2v) is 2.82. The molecule has 0 saturated carbocycles. The molecule has 0 aliphatic heterocycles. The van der Waals surface area contributed by atoms with Crippen molar-refractivity contribution in [2.75, 3.05) is 0 Å². The molecule has 0 heterocycles. The standard InChI is InChI=1S/C9H10N2O3/c10-8(11)7(9(13)14)5-1-3-6(12)4-2-5/h1-4,7,12H,(H3,10,11)(H,13,14). The van der Waals surface area contributed by atoms with E-state index in [1.54, 1.807) is 0 Å². The van der Waals surface area contributed by atoms with E-state index in [1.807, 2.05) is 0 Å². The molecule has 5 heteroatoms. The maximum absolute atomic E-state index is 10.7. The molecule has 0 saturated heterocycles. The highest BCUT2D eigenvalue weighted by Gasteiger charge is 2.22. The average molecular weight is 194 g/mol. The van der Waals surface area contributed by atoms with Crippen molar-refractivity contribution in [3.63, 3.8) is 0 Å². The predicted octanol–water partition coefficient (Wildman–Crippen LogP) is 0.496. The number of rotatable bonds is 3. The Hall–Kier alpha value is -2.04. The third-order valence-corrected chi connectivity index (χ3v) is 1.78. The van der Waals surface area contributed by atoms with E-state index in [4.69, 9.17) is 21.4 Å². The molecule has 1 unspecified atom stereocenters. The van der Waals surface area contributed by atoms with E-state index in [9.17, 15) is 4.79 Å². The van der Waals surface area contributed by atoms with Crippen molar-refractivity contribution in [3.05, 3.63) is 29.8 Å². The maximum atomic E-state index is 10.7. The number of phenols is 1. The van der Waals surface area contributed by atoms with Gasteiger partial charge in [0.25, 0.3) is 0 Å². The first-order valence-electron chi connectivity index (χ1n) is 3.88. The smallest absolute Gasteiger partial charge is 0.318 e. The zero-order valence-corrected chi connectivity index (χ0v) is 7.27. The molecule has 1 rings (SSSR count). The second kappa shape index (κ2) is 3.78. The molecule has 5 nitrogen and oxygen atoms in total. The van der Waals surface area contributed by atoms with Gasteiger partial charge >= 0.3 is 5.97 Å². The Bertz CT molecular complexity index is 345. The van der Waals surface area contributed by atoms with Crippen molar-refractivity contribution in [1.82, 2.24) is 0 Å². The van der Waals surface area contributed by atoms with Crippen LogP contribution in [0.2, 0.25) is 0 Å². The molecule has 74 valence electrons. The lowest BCUT2D eigenvalue weighted by atomic mass is 9.98. The minimum Gasteiger partial charge on any atom is -0.508 e. The van der Waals surface area contributed by atoms with Crippen molar-refractivity contribution >= 4 is 11.8 Å². The highest BCUT2D eigenvalue weighted by atomic mass is 16.4. The number of carboxylic acid groups (broad SMARTS) is 1. The van der Waals surface area contributed by atoms with E-state index in [0.29, 0.717) is 5.56 Å². The van der Waals surface area contributed by atoms with Gasteiger partial charge in [-0.05, 0) is 17.7 Å². The van der Waals surface area contributed by atoms with Gasteiger partial charge in [0.05, 0.1) is 0 Å². The molecule has 5 N–H and O–H groups in total. The fourth-order valence-corrected chi connectivity index (χ4v) is 1.12. The minimum atomic E-state index is -1.18. The number of carboxylic acids is 1. The molecule has 0 aliphatic rings. The fourth-order valence-electron chi connectivity index (χ4n) is 1.12. The van der Waals surface area contributed by atoms with Crippen LogP contribution in [0, 0.1) is 5.41 Å². The van der Waals surface area contributed by atoms with E-state index in [2.05, 4.69) is 0 Å². The largest absolute Gasteiger partial charge is 0.508 e. The van der Waals surface area contributed by atoms with Gasteiger partial charge in [0.2, 0.25) is 0 Å². The first kappa shape index (κ1) is 10.0. The Morgan fingerprint density at radius 2 is 1.86 bits per heavy atom. The van der Waals surface area contributed by atoms with E-state index < -0.39 is 17.7 Å². The highest BCUT2D eigenvalue weighted by molar-refractivity contribution is 6.03. The fraction of sp³-hybridized carbons (Fsp3) is 0.111. The van der Waals surface area contributed by atoms with Crippen LogP contribution in [0.1, 0.15) is 11.5 Å². The first-order valence-corrected chi connectivity index (χ1v) is 3.88. The summed E-state index contributed by atoms with van der Waals surface area (Å²) in [7, 11) is 0. The van der Waals surface area contributed by atoms with Crippen LogP contribution in [0.5, 0.6) is 5.75 Å². The number of phenolic OH excluding ortho intramolecular Hbond substituents is 1. The Morgan fingerprint density at radius 3 is 2.21 bits per heavy atom. The van der Waals surface area contributed by atoms with Crippen molar-refractivity contribution in [2.45, 2.75) is 5.92 Å². The van der Waals surface area contributed by atoms with Crippen molar-refractivity contribution < 1.29 is 15.0 Å². The van der Waals surface area contributed by atoms with E-state index in [-0.39, 0.29) is 5.75 Å². The van der Waals surface area contributed by atoms with Crippen LogP contribution in [0.4, 0.5) is 0 Å². The number of benzene rings is 1. The number of aromatic hydroxyl groups is 1.